The highest BCUT2D eigenvalue weighted by Gasteiger charge is 2.43. The zero-order valence-corrected chi connectivity index (χ0v) is 13.7. The molecule has 0 fully saturated rings. The van der Waals surface area contributed by atoms with E-state index in [2.05, 4.69) is 5.10 Å². The summed E-state index contributed by atoms with van der Waals surface area (Å²) < 4.78 is 131. The van der Waals surface area contributed by atoms with Gasteiger partial charge < -0.3 is 5.32 Å². The Hall–Kier alpha value is -2.51. The smallest absolute Gasteiger partial charge is 0.315 e. The molecule has 0 saturated heterocycles. The molecule has 28 heavy (non-hydrogen) atoms. The third-order valence-corrected chi connectivity index (χ3v) is 3.62. The summed E-state index contributed by atoms with van der Waals surface area (Å²) in [5.74, 6) is -12.9. The number of alkyl halides is 6. The predicted molar refractivity (Wildman–Crippen MR) is 72.4 cm³/mol. The lowest BCUT2D eigenvalue weighted by molar-refractivity contribution is -0.144. The first-order valence-electron chi connectivity index (χ1n) is 6.63. The van der Waals surface area contributed by atoms with Crippen LogP contribution in [0.15, 0.2) is 0 Å². The summed E-state index contributed by atoms with van der Waals surface area (Å²) in [6, 6.07) is 0. The summed E-state index contributed by atoms with van der Waals surface area (Å²) in [4.78, 5) is 11.9. The number of benzene rings is 1. The Labute approximate surface area is 152 Å². The molecule has 1 aromatic heterocycles. The van der Waals surface area contributed by atoms with Crippen molar-refractivity contribution >= 4 is 23.2 Å². The third kappa shape index (κ3) is 3.59. The number of halogens is 11. The average molecular weight is 444 g/mol. The van der Waals surface area contributed by atoms with E-state index in [-0.39, 0.29) is 4.68 Å². The van der Waals surface area contributed by atoms with E-state index >= 15 is 0 Å². The third-order valence-electron chi connectivity index (χ3n) is 3.26. The first-order valence-corrected chi connectivity index (χ1v) is 7.01. The summed E-state index contributed by atoms with van der Waals surface area (Å²) in [6.45, 7) is 0. The van der Waals surface area contributed by atoms with Crippen LogP contribution in [0.2, 0.25) is 5.02 Å². The molecule has 2 aromatic rings. The monoisotopic (exact) mass is 443 g/mol. The van der Waals surface area contributed by atoms with Crippen molar-refractivity contribution in [2.75, 3.05) is 5.32 Å². The first kappa shape index (κ1) is 21.8. The molecule has 0 aliphatic carbocycles. The second-order valence-corrected chi connectivity index (χ2v) is 5.47. The summed E-state index contributed by atoms with van der Waals surface area (Å²) in [5, 5.41) is 2.88. The van der Waals surface area contributed by atoms with Gasteiger partial charge in [0, 0.05) is 7.05 Å². The Bertz CT molecular complexity index is 934. The van der Waals surface area contributed by atoms with E-state index in [4.69, 9.17) is 11.6 Å². The normalized spacial score (nSPS) is 12.4. The number of carbonyl (C=O) groups is 1. The molecule has 15 heteroatoms. The van der Waals surface area contributed by atoms with E-state index in [9.17, 15) is 48.7 Å². The van der Waals surface area contributed by atoms with Gasteiger partial charge in [-0.25, -0.2) is 17.6 Å². The van der Waals surface area contributed by atoms with E-state index in [1.165, 1.54) is 0 Å². The molecule has 0 saturated carbocycles. The van der Waals surface area contributed by atoms with Crippen LogP contribution in [0, 0.1) is 23.3 Å². The molecule has 0 aliphatic rings. The van der Waals surface area contributed by atoms with Gasteiger partial charge in [0.1, 0.15) is 16.3 Å². The lowest BCUT2D eigenvalue weighted by atomic mass is 10.1. The Kier molecular flexibility index (Phi) is 5.31. The summed E-state index contributed by atoms with van der Waals surface area (Å²) in [7, 11) is 0.712. The number of hydrogen-bond donors (Lipinski definition) is 1. The molecule has 1 amide bonds. The summed E-state index contributed by atoms with van der Waals surface area (Å²) in [5.41, 5.74) is -7.79. The van der Waals surface area contributed by atoms with Gasteiger partial charge in [-0.2, -0.15) is 31.4 Å². The van der Waals surface area contributed by atoms with Crippen LogP contribution >= 0.6 is 11.6 Å². The number of nitrogens with one attached hydrogen (secondary N) is 1. The van der Waals surface area contributed by atoms with Crippen molar-refractivity contribution in [3.63, 3.8) is 0 Å². The average Bonchev–Trinajstić information content (AvgIpc) is 2.83. The van der Waals surface area contributed by atoms with Crippen LogP contribution in [0.3, 0.4) is 0 Å². The SMILES string of the molecule is Cn1nc(C(=O)Nc2c(F)c(F)c(C(F)(F)F)c(F)c2F)c(Cl)c1C(F)(F)F. The van der Waals surface area contributed by atoms with Crippen LogP contribution in [0.1, 0.15) is 21.7 Å². The van der Waals surface area contributed by atoms with Crippen LogP contribution in [-0.4, -0.2) is 15.7 Å². The van der Waals surface area contributed by atoms with Crippen molar-refractivity contribution in [2.45, 2.75) is 12.4 Å². The maximum atomic E-state index is 13.7. The second kappa shape index (κ2) is 6.83. The maximum absolute atomic E-state index is 13.7. The summed E-state index contributed by atoms with van der Waals surface area (Å²) >= 11 is 5.35. The fourth-order valence-electron chi connectivity index (χ4n) is 2.11. The number of amides is 1. The van der Waals surface area contributed by atoms with Gasteiger partial charge in [-0.15, -0.1) is 0 Å². The van der Waals surface area contributed by atoms with Crippen molar-refractivity contribution in [1.29, 1.82) is 0 Å². The topological polar surface area (TPSA) is 46.9 Å². The van der Waals surface area contributed by atoms with Crippen LogP contribution < -0.4 is 5.32 Å². The van der Waals surface area contributed by atoms with Gasteiger partial charge in [0.25, 0.3) is 5.91 Å². The van der Waals surface area contributed by atoms with E-state index in [0.29, 0.717) is 7.05 Å². The maximum Gasteiger partial charge on any atom is 0.434 e. The number of aryl methyl sites for hydroxylation is 1. The number of carbonyl (C=O) groups excluding carboxylic acids is 1. The number of rotatable bonds is 2. The van der Waals surface area contributed by atoms with Crippen molar-refractivity contribution < 1.29 is 48.7 Å². The molecule has 0 bridgehead atoms. The van der Waals surface area contributed by atoms with Gasteiger partial charge >= 0.3 is 12.4 Å². The molecule has 0 atom stereocenters. The first-order chi connectivity index (χ1) is 12.6. The number of anilines is 1. The van der Waals surface area contributed by atoms with Gasteiger partial charge in [0.15, 0.2) is 34.7 Å². The zero-order valence-electron chi connectivity index (χ0n) is 13.0. The minimum absolute atomic E-state index is 0.0951. The molecule has 1 heterocycles. The van der Waals surface area contributed by atoms with Gasteiger partial charge in [0.2, 0.25) is 0 Å². The Morgan fingerprint density at radius 1 is 0.929 bits per heavy atom. The number of hydrogen-bond acceptors (Lipinski definition) is 2. The Morgan fingerprint density at radius 3 is 1.75 bits per heavy atom. The molecule has 0 unspecified atom stereocenters. The fraction of sp³-hybridized carbons (Fsp3) is 0.231. The van der Waals surface area contributed by atoms with E-state index in [0.717, 1.165) is 5.32 Å². The van der Waals surface area contributed by atoms with E-state index in [1.54, 1.807) is 0 Å². The van der Waals surface area contributed by atoms with E-state index in [1.807, 2.05) is 0 Å². The van der Waals surface area contributed by atoms with Gasteiger partial charge in [-0.05, 0) is 0 Å². The molecule has 0 radical (unpaired) electrons. The van der Waals surface area contributed by atoms with Gasteiger partial charge in [0.05, 0.1) is 0 Å². The lowest BCUT2D eigenvalue weighted by Gasteiger charge is -2.14. The molecule has 0 spiro atoms. The highest BCUT2D eigenvalue weighted by molar-refractivity contribution is 6.34. The molecule has 1 N–H and O–H groups in total. The molecular weight excluding hydrogens is 440 g/mol. The van der Waals surface area contributed by atoms with Crippen molar-refractivity contribution in [3.8, 4) is 0 Å². The minimum atomic E-state index is -5.82. The van der Waals surface area contributed by atoms with Crippen LogP contribution in [-0.2, 0) is 19.4 Å². The highest BCUT2D eigenvalue weighted by atomic mass is 35.5. The van der Waals surface area contributed by atoms with Crippen LogP contribution in [0.25, 0.3) is 0 Å². The van der Waals surface area contributed by atoms with Crippen LogP contribution in [0.4, 0.5) is 49.6 Å². The molecular formula is C13H4ClF10N3O. The van der Waals surface area contributed by atoms with E-state index < -0.39 is 69.2 Å². The van der Waals surface area contributed by atoms with Gasteiger partial charge in [-0.1, -0.05) is 11.6 Å². The lowest BCUT2D eigenvalue weighted by Crippen LogP contribution is -2.20. The largest absolute Gasteiger partial charge is 0.434 e. The quantitative estimate of drug-likeness (QED) is 0.529. The fourth-order valence-corrected chi connectivity index (χ4v) is 2.47. The molecule has 154 valence electrons. The minimum Gasteiger partial charge on any atom is -0.315 e. The highest BCUT2D eigenvalue weighted by Crippen LogP contribution is 2.39. The molecule has 4 nitrogen and oxygen atoms in total. The van der Waals surface area contributed by atoms with Gasteiger partial charge in [-0.3, -0.25) is 9.48 Å². The number of nitrogens with zero attached hydrogens (tertiary/aromatic N) is 2. The Balaban J connectivity index is 2.55. The zero-order chi connectivity index (χ0) is 21.8. The Morgan fingerprint density at radius 2 is 1.39 bits per heavy atom. The number of aromatic nitrogens is 2. The van der Waals surface area contributed by atoms with Crippen LogP contribution in [0.5, 0.6) is 0 Å². The molecule has 1 aromatic carbocycles. The predicted octanol–water partition coefficient (Wildman–Crippen LogP) is 4.92. The second-order valence-electron chi connectivity index (χ2n) is 5.09. The standard InChI is InChI=1S/C13H4ClF10N3O/c1-27-10(13(22,23)24)3(14)8(26-27)11(28)25-9-6(17)4(15)2(12(19,20)21)5(16)7(9)18/h1H3,(H,25,28). The molecule has 2 rings (SSSR count). The van der Waals surface area contributed by atoms with Crippen molar-refractivity contribution in [2.24, 2.45) is 7.05 Å². The van der Waals surface area contributed by atoms with Crippen molar-refractivity contribution in [3.05, 3.63) is 45.2 Å². The summed E-state index contributed by atoms with van der Waals surface area (Å²) in [6.07, 6.45) is -10.9. The molecule has 0 aliphatic heterocycles. The van der Waals surface area contributed by atoms with Crippen molar-refractivity contribution in [1.82, 2.24) is 9.78 Å².